The molecule has 1 unspecified atom stereocenters. The Balaban J connectivity index is 2.17. The zero-order chi connectivity index (χ0) is 27.0. The standard InChI is InChI=1S/C27H21F4NO4S/c1-16-12-14-18(15-13-16)37(34,35)24(19-10-6-7-11-20(19)28)23-21(17-8-4-3-5-9-17)22(26(33)36-2)25(32-23)27(29,30)31/h3-15,24,32H,1-2H3. The molecule has 0 amide bonds. The van der Waals surface area contributed by atoms with E-state index >= 15 is 4.39 Å². The predicted octanol–water partition coefficient (Wildman–Crippen LogP) is 6.50. The second kappa shape index (κ2) is 9.85. The van der Waals surface area contributed by atoms with Crippen LogP contribution in [0.5, 0.6) is 0 Å². The lowest BCUT2D eigenvalue weighted by Gasteiger charge is -2.20. The molecule has 4 rings (SSSR count). The number of nitrogens with one attached hydrogen (secondary N) is 1. The normalized spacial score (nSPS) is 12.8. The number of H-pyrrole nitrogens is 1. The molecule has 0 bridgehead atoms. The fourth-order valence-corrected chi connectivity index (χ4v) is 5.97. The van der Waals surface area contributed by atoms with Gasteiger partial charge >= 0.3 is 12.1 Å². The number of methoxy groups -OCH3 is 1. The third-order valence-corrected chi connectivity index (χ3v) is 7.91. The van der Waals surface area contributed by atoms with Crippen molar-refractivity contribution in [3.63, 3.8) is 0 Å². The Morgan fingerprint density at radius 1 is 0.919 bits per heavy atom. The Morgan fingerprint density at radius 2 is 1.51 bits per heavy atom. The number of aromatic nitrogens is 1. The van der Waals surface area contributed by atoms with E-state index in [0.717, 1.165) is 18.7 Å². The third-order valence-electron chi connectivity index (χ3n) is 5.87. The van der Waals surface area contributed by atoms with Crippen LogP contribution >= 0.6 is 0 Å². The van der Waals surface area contributed by atoms with Gasteiger partial charge in [-0.1, -0.05) is 66.2 Å². The maximum atomic E-state index is 15.1. The van der Waals surface area contributed by atoms with Crippen LogP contribution in [0.1, 0.15) is 38.1 Å². The Morgan fingerprint density at radius 3 is 2.08 bits per heavy atom. The van der Waals surface area contributed by atoms with Gasteiger partial charge in [0.1, 0.15) is 16.8 Å². The van der Waals surface area contributed by atoms with Crippen molar-refractivity contribution >= 4 is 15.8 Å². The SMILES string of the molecule is COC(=O)c1c(C(F)(F)F)[nH]c(C(c2ccccc2F)S(=O)(=O)c2ccc(C)cc2)c1-c1ccccc1. The van der Waals surface area contributed by atoms with Gasteiger partial charge in [0.05, 0.1) is 17.6 Å². The summed E-state index contributed by atoms with van der Waals surface area (Å²) in [5.41, 5.74) is -2.76. The number of aromatic amines is 1. The molecule has 0 saturated carbocycles. The molecule has 192 valence electrons. The number of carbonyl (C=O) groups excluding carboxylic acids is 1. The molecule has 3 aromatic carbocycles. The van der Waals surface area contributed by atoms with Crippen LogP contribution in [0.3, 0.4) is 0 Å². The third kappa shape index (κ3) is 4.89. The molecule has 1 aromatic heterocycles. The molecular weight excluding hydrogens is 510 g/mol. The summed E-state index contributed by atoms with van der Waals surface area (Å²) >= 11 is 0. The number of aryl methyl sites for hydroxylation is 1. The summed E-state index contributed by atoms with van der Waals surface area (Å²) < 4.78 is 90.4. The van der Waals surface area contributed by atoms with Gasteiger partial charge in [0.25, 0.3) is 0 Å². The van der Waals surface area contributed by atoms with E-state index in [4.69, 9.17) is 0 Å². The van der Waals surface area contributed by atoms with Crippen LogP contribution in [-0.4, -0.2) is 26.5 Å². The smallest absolute Gasteiger partial charge is 0.432 e. The van der Waals surface area contributed by atoms with Crippen molar-refractivity contribution in [3.8, 4) is 11.1 Å². The van der Waals surface area contributed by atoms with Crippen molar-refractivity contribution in [2.45, 2.75) is 23.2 Å². The van der Waals surface area contributed by atoms with Crippen molar-refractivity contribution in [1.82, 2.24) is 4.98 Å². The van der Waals surface area contributed by atoms with Crippen LogP contribution in [-0.2, 0) is 20.8 Å². The van der Waals surface area contributed by atoms with E-state index in [1.807, 2.05) is 0 Å². The molecule has 0 spiro atoms. The summed E-state index contributed by atoms with van der Waals surface area (Å²) in [4.78, 5) is 14.6. The molecular formula is C27H21F4NO4S. The topological polar surface area (TPSA) is 76.2 Å². The van der Waals surface area contributed by atoms with Gasteiger partial charge in [-0.2, -0.15) is 13.2 Å². The molecule has 5 nitrogen and oxygen atoms in total. The Labute approximate surface area is 210 Å². The average molecular weight is 532 g/mol. The molecule has 1 atom stereocenters. The van der Waals surface area contributed by atoms with Crippen LogP contribution < -0.4 is 0 Å². The molecule has 1 heterocycles. The van der Waals surface area contributed by atoms with E-state index in [1.165, 1.54) is 66.7 Å². The average Bonchev–Trinajstić information content (AvgIpc) is 3.26. The molecule has 1 N–H and O–H groups in total. The first-order valence-electron chi connectivity index (χ1n) is 11.0. The molecule has 0 aliphatic heterocycles. The molecule has 0 fully saturated rings. The molecule has 10 heteroatoms. The minimum Gasteiger partial charge on any atom is -0.465 e. The number of hydrogen-bond acceptors (Lipinski definition) is 4. The number of ether oxygens (including phenoxy) is 1. The van der Waals surface area contributed by atoms with Crippen LogP contribution in [0.25, 0.3) is 11.1 Å². The zero-order valence-corrected chi connectivity index (χ0v) is 20.5. The highest BCUT2D eigenvalue weighted by atomic mass is 32.2. The summed E-state index contributed by atoms with van der Waals surface area (Å²) in [6, 6.07) is 18.1. The molecule has 0 aliphatic rings. The van der Waals surface area contributed by atoms with Crippen LogP contribution in [0.2, 0.25) is 0 Å². The Bertz CT molecular complexity index is 1540. The van der Waals surface area contributed by atoms with E-state index in [2.05, 4.69) is 9.72 Å². The van der Waals surface area contributed by atoms with Crippen molar-refractivity contribution in [1.29, 1.82) is 0 Å². The lowest BCUT2D eigenvalue weighted by Crippen LogP contribution is -2.18. The zero-order valence-electron chi connectivity index (χ0n) is 19.6. The van der Waals surface area contributed by atoms with Gasteiger partial charge in [-0.3, -0.25) is 0 Å². The quantitative estimate of drug-likeness (QED) is 0.228. The lowest BCUT2D eigenvalue weighted by molar-refractivity contribution is -0.141. The number of carbonyl (C=O) groups is 1. The maximum Gasteiger partial charge on any atom is 0.432 e. The van der Waals surface area contributed by atoms with Gasteiger partial charge in [0.2, 0.25) is 0 Å². The van der Waals surface area contributed by atoms with Crippen LogP contribution in [0, 0.1) is 12.7 Å². The van der Waals surface area contributed by atoms with Gasteiger partial charge in [-0.25, -0.2) is 17.6 Å². The van der Waals surface area contributed by atoms with Gasteiger partial charge < -0.3 is 9.72 Å². The highest BCUT2D eigenvalue weighted by Crippen LogP contribution is 2.46. The second-order valence-electron chi connectivity index (χ2n) is 8.28. The van der Waals surface area contributed by atoms with E-state index < -0.39 is 50.0 Å². The Hall–Kier alpha value is -3.92. The second-order valence-corrected chi connectivity index (χ2v) is 10.3. The molecule has 0 radical (unpaired) electrons. The summed E-state index contributed by atoms with van der Waals surface area (Å²) in [7, 11) is -3.63. The molecule has 0 saturated heterocycles. The van der Waals surface area contributed by atoms with Crippen molar-refractivity contribution < 1.29 is 35.5 Å². The van der Waals surface area contributed by atoms with E-state index in [-0.39, 0.29) is 21.6 Å². The number of rotatable bonds is 6. The van der Waals surface area contributed by atoms with Gasteiger partial charge in [-0.15, -0.1) is 0 Å². The van der Waals surface area contributed by atoms with Gasteiger partial charge in [0, 0.05) is 16.8 Å². The first-order valence-corrected chi connectivity index (χ1v) is 12.5. The van der Waals surface area contributed by atoms with E-state index in [9.17, 15) is 26.4 Å². The number of hydrogen-bond donors (Lipinski definition) is 1. The number of benzene rings is 3. The first kappa shape index (κ1) is 26.2. The Kier molecular flexibility index (Phi) is 6.96. The maximum absolute atomic E-state index is 15.1. The summed E-state index contributed by atoms with van der Waals surface area (Å²) in [5, 5.41) is -1.95. The molecule has 37 heavy (non-hydrogen) atoms. The van der Waals surface area contributed by atoms with Gasteiger partial charge in [-0.05, 0) is 30.7 Å². The van der Waals surface area contributed by atoms with E-state index in [0.29, 0.717) is 0 Å². The number of alkyl halides is 3. The molecule has 4 aromatic rings. The molecule has 0 aliphatic carbocycles. The van der Waals surface area contributed by atoms with Crippen molar-refractivity contribution in [2.24, 2.45) is 0 Å². The van der Waals surface area contributed by atoms with Crippen LogP contribution in [0.15, 0.2) is 83.8 Å². The monoisotopic (exact) mass is 531 g/mol. The fraction of sp³-hybridized carbons (Fsp3) is 0.148. The predicted molar refractivity (Wildman–Crippen MR) is 129 cm³/mol. The number of sulfone groups is 1. The lowest BCUT2D eigenvalue weighted by atomic mass is 9.96. The number of halogens is 4. The highest BCUT2D eigenvalue weighted by Gasteiger charge is 2.45. The van der Waals surface area contributed by atoms with E-state index in [1.54, 1.807) is 13.0 Å². The minimum absolute atomic E-state index is 0.116. The first-order chi connectivity index (χ1) is 17.5. The van der Waals surface area contributed by atoms with Crippen molar-refractivity contribution in [2.75, 3.05) is 7.11 Å². The summed E-state index contributed by atoms with van der Waals surface area (Å²) in [6.07, 6.45) is -5.08. The van der Waals surface area contributed by atoms with Crippen LogP contribution in [0.4, 0.5) is 17.6 Å². The summed E-state index contributed by atoms with van der Waals surface area (Å²) in [6.45, 7) is 1.74. The van der Waals surface area contributed by atoms with Gasteiger partial charge in [0.15, 0.2) is 9.84 Å². The fourth-order valence-electron chi connectivity index (χ4n) is 4.17. The van der Waals surface area contributed by atoms with Crippen molar-refractivity contribution in [3.05, 3.63) is 113 Å². The number of esters is 1. The summed E-state index contributed by atoms with van der Waals surface area (Å²) in [5.74, 6) is -2.27. The minimum atomic E-state index is -5.08. The highest BCUT2D eigenvalue weighted by molar-refractivity contribution is 7.92. The largest absolute Gasteiger partial charge is 0.465 e.